The summed E-state index contributed by atoms with van der Waals surface area (Å²) in [7, 11) is 3.23. The summed E-state index contributed by atoms with van der Waals surface area (Å²) in [4.78, 5) is 18.4. The van der Waals surface area contributed by atoms with Gasteiger partial charge in [-0.25, -0.2) is 9.50 Å². The second-order valence-electron chi connectivity index (χ2n) is 8.23. The van der Waals surface area contributed by atoms with E-state index in [1.54, 1.807) is 43.0 Å². The van der Waals surface area contributed by atoms with Crippen LogP contribution in [0.5, 0.6) is 11.5 Å². The monoisotopic (exact) mass is 475 g/mol. The summed E-state index contributed by atoms with van der Waals surface area (Å²) in [6.07, 6.45) is 1.84. The van der Waals surface area contributed by atoms with Crippen molar-refractivity contribution in [2.24, 2.45) is 0 Å². The van der Waals surface area contributed by atoms with Crippen molar-refractivity contribution in [1.82, 2.24) is 14.6 Å². The van der Waals surface area contributed by atoms with Crippen LogP contribution in [0, 0.1) is 0 Å². The number of para-hydroxylation sites is 1. The van der Waals surface area contributed by atoms with Crippen LogP contribution in [0.3, 0.4) is 0 Å². The molecule has 0 aliphatic heterocycles. The molecule has 0 fully saturated rings. The maximum absolute atomic E-state index is 13.5. The fraction of sp³-hybridized carbons (Fsp3) is 0.0690. The molecule has 36 heavy (non-hydrogen) atoms. The van der Waals surface area contributed by atoms with Crippen LogP contribution < -0.4 is 9.47 Å². The number of carbonyl (C=O) groups excluding carboxylic acids is 1. The SMILES string of the molecule is COc1ccc(C(=O)c2oc3ccccc3c2-c2ccn3nc(-c4ccc(OC)cc4)cc3n2)cc1. The number of rotatable bonds is 6. The summed E-state index contributed by atoms with van der Waals surface area (Å²) in [5.74, 6) is 1.48. The molecule has 3 heterocycles. The zero-order chi connectivity index (χ0) is 24.6. The fourth-order valence-corrected chi connectivity index (χ4v) is 4.25. The molecule has 6 aromatic rings. The number of furan rings is 1. The minimum absolute atomic E-state index is 0.224. The molecule has 0 radical (unpaired) electrons. The van der Waals surface area contributed by atoms with Crippen molar-refractivity contribution < 1.29 is 18.7 Å². The first kappa shape index (κ1) is 21.6. The number of fused-ring (bicyclic) bond motifs is 2. The molecule has 3 aromatic carbocycles. The fourth-order valence-electron chi connectivity index (χ4n) is 4.25. The average molecular weight is 476 g/mol. The van der Waals surface area contributed by atoms with E-state index >= 15 is 0 Å². The molecule has 176 valence electrons. The van der Waals surface area contributed by atoms with E-state index in [1.807, 2.05) is 66.9 Å². The Labute approximate surface area is 206 Å². The lowest BCUT2D eigenvalue weighted by Crippen LogP contribution is -2.02. The van der Waals surface area contributed by atoms with E-state index in [4.69, 9.17) is 18.9 Å². The van der Waals surface area contributed by atoms with Gasteiger partial charge in [-0.2, -0.15) is 5.10 Å². The molecule has 7 nitrogen and oxygen atoms in total. The number of nitrogens with zero attached hydrogens (tertiary/aromatic N) is 3. The van der Waals surface area contributed by atoms with Gasteiger partial charge in [0, 0.05) is 28.8 Å². The van der Waals surface area contributed by atoms with Crippen LogP contribution >= 0.6 is 0 Å². The summed E-state index contributed by atoms with van der Waals surface area (Å²) in [6.45, 7) is 0. The normalized spacial score (nSPS) is 11.2. The molecule has 0 aliphatic rings. The van der Waals surface area contributed by atoms with Gasteiger partial charge in [-0.15, -0.1) is 0 Å². The second kappa shape index (κ2) is 8.70. The maximum Gasteiger partial charge on any atom is 0.228 e. The number of ether oxygens (including phenoxy) is 2. The number of benzene rings is 3. The third-order valence-electron chi connectivity index (χ3n) is 6.12. The molecule has 0 amide bonds. The van der Waals surface area contributed by atoms with Gasteiger partial charge in [-0.1, -0.05) is 18.2 Å². The van der Waals surface area contributed by atoms with Crippen LogP contribution in [0.1, 0.15) is 16.1 Å². The Morgan fingerprint density at radius 3 is 2.25 bits per heavy atom. The first-order valence-electron chi connectivity index (χ1n) is 11.4. The molecule has 3 aromatic heterocycles. The van der Waals surface area contributed by atoms with E-state index in [1.165, 1.54) is 0 Å². The third kappa shape index (κ3) is 3.67. The van der Waals surface area contributed by atoms with Gasteiger partial charge in [0.1, 0.15) is 17.1 Å². The summed E-state index contributed by atoms with van der Waals surface area (Å²) < 4.78 is 18.3. The minimum atomic E-state index is -0.224. The van der Waals surface area contributed by atoms with E-state index in [0.29, 0.717) is 33.8 Å². The van der Waals surface area contributed by atoms with Gasteiger partial charge in [0.2, 0.25) is 5.78 Å². The van der Waals surface area contributed by atoms with E-state index in [9.17, 15) is 4.79 Å². The van der Waals surface area contributed by atoms with Gasteiger partial charge in [0.25, 0.3) is 0 Å². The zero-order valence-corrected chi connectivity index (χ0v) is 19.6. The molecule has 6 rings (SSSR count). The van der Waals surface area contributed by atoms with Gasteiger partial charge in [-0.05, 0) is 60.7 Å². The summed E-state index contributed by atoms with van der Waals surface area (Å²) in [5.41, 5.74) is 4.81. The lowest BCUT2D eigenvalue weighted by atomic mass is 10.0. The smallest absolute Gasteiger partial charge is 0.228 e. The lowest BCUT2D eigenvalue weighted by molar-refractivity contribution is 0.101. The Hall–Kier alpha value is -4.91. The summed E-state index contributed by atoms with van der Waals surface area (Å²) in [6, 6.07) is 26.0. The van der Waals surface area contributed by atoms with Crippen LogP contribution in [-0.4, -0.2) is 34.6 Å². The predicted molar refractivity (Wildman–Crippen MR) is 137 cm³/mol. The van der Waals surface area contributed by atoms with Crippen molar-refractivity contribution >= 4 is 22.4 Å². The van der Waals surface area contributed by atoms with Crippen LogP contribution in [0.15, 0.2) is 95.5 Å². The molecule has 0 spiro atoms. The first-order chi connectivity index (χ1) is 17.6. The maximum atomic E-state index is 13.5. The number of aromatic nitrogens is 3. The van der Waals surface area contributed by atoms with Crippen molar-refractivity contribution in [3.05, 3.63) is 102 Å². The molecule has 7 heteroatoms. The Morgan fingerprint density at radius 2 is 1.53 bits per heavy atom. The Bertz CT molecular complexity index is 1710. The number of carbonyl (C=O) groups is 1. The van der Waals surface area contributed by atoms with Crippen molar-refractivity contribution in [1.29, 1.82) is 0 Å². The summed E-state index contributed by atoms with van der Waals surface area (Å²) >= 11 is 0. The standard InChI is InChI=1S/C29H21N3O4/c1-34-20-11-7-18(8-12-20)24-17-26-30-23(15-16-32(26)31-24)27-22-5-3-4-6-25(22)36-29(27)28(33)19-9-13-21(35-2)14-10-19/h3-17H,1-2H3. The van der Waals surface area contributed by atoms with Gasteiger partial charge >= 0.3 is 0 Å². The van der Waals surface area contributed by atoms with E-state index in [-0.39, 0.29) is 11.5 Å². The molecule has 0 bridgehead atoms. The largest absolute Gasteiger partial charge is 0.497 e. The number of hydrogen-bond acceptors (Lipinski definition) is 6. The predicted octanol–water partition coefficient (Wildman–Crippen LogP) is 6.06. The topological polar surface area (TPSA) is 78.9 Å². The molecule has 0 saturated heterocycles. The lowest BCUT2D eigenvalue weighted by Gasteiger charge is -2.05. The van der Waals surface area contributed by atoms with Gasteiger partial charge in [0.15, 0.2) is 11.4 Å². The highest BCUT2D eigenvalue weighted by atomic mass is 16.5. The zero-order valence-electron chi connectivity index (χ0n) is 19.6. The molecule has 0 N–H and O–H groups in total. The van der Waals surface area contributed by atoms with Gasteiger partial charge in [0.05, 0.1) is 31.2 Å². The van der Waals surface area contributed by atoms with Crippen LogP contribution in [0.25, 0.3) is 39.1 Å². The molecule has 0 aliphatic carbocycles. The highest BCUT2D eigenvalue weighted by Crippen LogP contribution is 2.36. The summed E-state index contributed by atoms with van der Waals surface area (Å²) in [5, 5.41) is 5.48. The minimum Gasteiger partial charge on any atom is -0.497 e. The number of methoxy groups -OCH3 is 2. The van der Waals surface area contributed by atoms with Crippen molar-refractivity contribution in [3.63, 3.8) is 0 Å². The van der Waals surface area contributed by atoms with E-state index in [0.717, 1.165) is 22.4 Å². The number of ketones is 1. The van der Waals surface area contributed by atoms with E-state index < -0.39 is 0 Å². The molecular weight excluding hydrogens is 454 g/mol. The highest BCUT2D eigenvalue weighted by Gasteiger charge is 2.24. The second-order valence-corrected chi connectivity index (χ2v) is 8.23. The molecular formula is C29H21N3O4. The first-order valence-corrected chi connectivity index (χ1v) is 11.4. The van der Waals surface area contributed by atoms with Crippen LogP contribution in [0.2, 0.25) is 0 Å². The molecule has 0 unspecified atom stereocenters. The van der Waals surface area contributed by atoms with E-state index in [2.05, 4.69) is 5.10 Å². The molecule has 0 saturated carbocycles. The van der Waals surface area contributed by atoms with Crippen LogP contribution in [0.4, 0.5) is 0 Å². The third-order valence-corrected chi connectivity index (χ3v) is 6.12. The van der Waals surface area contributed by atoms with Crippen molar-refractivity contribution in [2.45, 2.75) is 0 Å². The number of hydrogen-bond donors (Lipinski definition) is 0. The Kier molecular flexibility index (Phi) is 5.22. The highest BCUT2D eigenvalue weighted by molar-refractivity contribution is 6.15. The van der Waals surface area contributed by atoms with Crippen molar-refractivity contribution in [2.75, 3.05) is 14.2 Å². The quantitative estimate of drug-likeness (QED) is 0.273. The Morgan fingerprint density at radius 1 is 0.833 bits per heavy atom. The molecule has 0 atom stereocenters. The average Bonchev–Trinajstić information content (AvgIpc) is 3.54. The van der Waals surface area contributed by atoms with Crippen molar-refractivity contribution in [3.8, 4) is 34.0 Å². The Balaban J connectivity index is 1.46. The van der Waals surface area contributed by atoms with Crippen LogP contribution in [-0.2, 0) is 0 Å². The van der Waals surface area contributed by atoms with Gasteiger partial charge < -0.3 is 13.9 Å². The van der Waals surface area contributed by atoms with Gasteiger partial charge in [-0.3, -0.25) is 4.79 Å².